The van der Waals surface area contributed by atoms with E-state index in [-0.39, 0.29) is 10.6 Å². The summed E-state index contributed by atoms with van der Waals surface area (Å²) in [7, 11) is 0. The van der Waals surface area contributed by atoms with Crippen LogP contribution in [0, 0.1) is 0 Å². The van der Waals surface area contributed by atoms with Crippen molar-refractivity contribution in [2.75, 3.05) is 0 Å². The van der Waals surface area contributed by atoms with Crippen molar-refractivity contribution in [2.45, 2.75) is 26.4 Å². The number of benzene rings is 1. The molecule has 7 heteroatoms. The van der Waals surface area contributed by atoms with Crippen LogP contribution in [0.3, 0.4) is 0 Å². The Kier molecular flexibility index (Phi) is 5.03. The van der Waals surface area contributed by atoms with Gasteiger partial charge in [-0.15, -0.1) is 5.48 Å². The Labute approximate surface area is 120 Å². The first kappa shape index (κ1) is 15.6. The van der Waals surface area contributed by atoms with E-state index >= 15 is 0 Å². The van der Waals surface area contributed by atoms with Gasteiger partial charge in [-0.1, -0.05) is 23.2 Å². The fourth-order valence-electron chi connectivity index (χ4n) is 1.10. The summed E-state index contributed by atoms with van der Waals surface area (Å²) >= 11 is 11.5. The average molecular weight is 306 g/mol. The molecule has 104 valence electrons. The summed E-state index contributed by atoms with van der Waals surface area (Å²) < 4.78 is 4.89. The summed E-state index contributed by atoms with van der Waals surface area (Å²) in [6.07, 6.45) is -0.870. The van der Waals surface area contributed by atoms with E-state index in [4.69, 9.17) is 27.9 Å². The molecule has 0 aliphatic rings. The van der Waals surface area contributed by atoms with Crippen LogP contribution in [-0.2, 0) is 9.57 Å². The molecule has 0 saturated carbocycles. The highest BCUT2D eigenvalue weighted by atomic mass is 35.5. The highest BCUT2D eigenvalue weighted by Crippen LogP contribution is 2.21. The number of carbonyl (C=O) groups is 2. The van der Waals surface area contributed by atoms with E-state index in [1.54, 1.807) is 20.8 Å². The van der Waals surface area contributed by atoms with Crippen LogP contribution < -0.4 is 5.48 Å². The van der Waals surface area contributed by atoms with E-state index in [0.717, 1.165) is 0 Å². The zero-order valence-electron chi connectivity index (χ0n) is 10.6. The van der Waals surface area contributed by atoms with Crippen molar-refractivity contribution in [1.29, 1.82) is 0 Å². The van der Waals surface area contributed by atoms with Gasteiger partial charge in [0.05, 0.1) is 10.6 Å². The SMILES string of the molecule is CC(C)(C)OC(=O)NOC(=O)c1ccc(Cl)cc1Cl. The first-order valence-corrected chi connectivity index (χ1v) is 6.10. The number of halogens is 2. The molecular weight excluding hydrogens is 293 g/mol. The molecule has 1 rings (SSSR count). The molecule has 0 aliphatic heterocycles. The van der Waals surface area contributed by atoms with Gasteiger partial charge in [-0.25, -0.2) is 9.59 Å². The van der Waals surface area contributed by atoms with Crippen molar-refractivity contribution in [3.8, 4) is 0 Å². The van der Waals surface area contributed by atoms with Crippen molar-refractivity contribution in [3.63, 3.8) is 0 Å². The zero-order valence-corrected chi connectivity index (χ0v) is 12.1. The molecule has 0 fully saturated rings. The van der Waals surface area contributed by atoms with Gasteiger partial charge in [0.2, 0.25) is 0 Å². The quantitative estimate of drug-likeness (QED) is 0.805. The van der Waals surface area contributed by atoms with Crippen molar-refractivity contribution < 1.29 is 19.2 Å². The molecule has 0 spiro atoms. The van der Waals surface area contributed by atoms with Crippen molar-refractivity contribution in [3.05, 3.63) is 33.8 Å². The lowest BCUT2D eigenvalue weighted by atomic mass is 10.2. The van der Waals surface area contributed by atoms with E-state index in [2.05, 4.69) is 4.84 Å². The van der Waals surface area contributed by atoms with Crippen LogP contribution in [0.2, 0.25) is 10.0 Å². The Bertz CT molecular complexity index is 497. The molecule has 1 N–H and O–H groups in total. The van der Waals surface area contributed by atoms with Gasteiger partial charge in [0.25, 0.3) is 0 Å². The molecule has 0 bridgehead atoms. The third kappa shape index (κ3) is 5.36. The Morgan fingerprint density at radius 3 is 2.37 bits per heavy atom. The molecule has 1 aromatic rings. The van der Waals surface area contributed by atoms with Gasteiger partial charge in [0.1, 0.15) is 5.60 Å². The summed E-state index contributed by atoms with van der Waals surface area (Å²) in [5, 5.41) is 0.519. The van der Waals surface area contributed by atoms with Gasteiger partial charge in [0, 0.05) is 5.02 Å². The van der Waals surface area contributed by atoms with Gasteiger partial charge < -0.3 is 9.57 Å². The topological polar surface area (TPSA) is 64.6 Å². The molecule has 5 nitrogen and oxygen atoms in total. The number of hydroxylamine groups is 1. The number of amides is 1. The summed E-state index contributed by atoms with van der Waals surface area (Å²) in [6.45, 7) is 5.05. The molecule has 19 heavy (non-hydrogen) atoms. The van der Waals surface area contributed by atoms with E-state index in [0.29, 0.717) is 5.02 Å². The zero-order chi connectivity index (χ0) is 14.6. The van der Waals surface area contributed by atoms with Crippen LogP contribution in [0.4, 0.5) is 4.79 Å². The summed E-state index contributed by atoms with van der Waals surface area (Å²) in [4.78, 5) is 27.5. The molecule has 1 aromatic carbocycles. The number of carbonyl (C=O) groups excluding carboxylic acids is 2. The molecule has 1 amide bonds. The number of hydrogen-bond acceptors (Lipinski definition) is 4. The summed E-state index contributed by atoms with van der Waals surface area (Å²) in [5.74, 6) is -0.812. The third-order valence-corrected chi connectivity index (χ3v) is 2.32. The van der Waals surface area contributed by atoms with Crippen LogP contribution in [-0.4, -0.2) is 17.7 Å². The molecule has 0 saturated heterocycles. The Morgan fingerprint density at radius 1 is 1.21 bits per heavy atom. The molecule has 0 aromatic heterocycles. The Balaban J connectivity index is 2.59. The lowest BCUT2D eigenvalue weighted by Crippen LogP contribution is -2.34. The van der Waals surface area contributed by atoms with Crippen LogP contribution in [0.5, 0.6) is 0 Å². The van der Waals surface area contributed by atoms with Gasteiger partial charge >= 0.3 is 12.1 Å². The van der Waals surface area contributed by atoms with Crippen LogP contribution in [0.15, 0.2) is 18.2 Å². The number of ether oxygens (including phenoxy) is 1. The summed E-state index contributed by atoms with van der Waals surface area (Å²) in [6, 6.07) is 4.27. The van der Waals surface area contributed by atoms with Crippen molar-refractivity contribution in [1.82, 2.24) is 5.48 Å². The van der Waals surface area contributed by atoms with Gasteiger partial charge in [-0.05, 0) is 39.0 Å². The molecular formula is C12H13Cl2NO4. The van der Waals surface area contributed by atoms with Gasteiger partial charge in [-0.2, -0.15) is 0 Å². The fourth-order valence-corrected chi connectivity index (χ4v) is 1.58. The number of rotatable bonds is 1. The average Bonchev–Trinajstić information content (AvgIpc) is 2.23. The third-order valence-electron chi connectivity index (χ3n) is 1.78. The predicted molar refractivity (Wildman–Crippen MR) is 71.2 cm³/mol. The molecule has 0 aliphatic carbocycles. The number of nitrogens with one attached hydrogen (secondary N) is 1. The van der Waals surface area contributed by atoms with E-state index in [1.807, 2.05) is 5.48 Å². The molecule has 0 radical (unpaired) electrons. The maximum atomic E-state index is 11.6. The fraction of sp³-hybridized carbons (Fsp3) is 0.333. The first-order chi connectivity index (χ1) is 8.69. The van der Waals surface area contributed by atoms with E-state index in [9.17, 15) is 9.59 Å². The highest BCUT2D eigenvalue weighted by molar-refractivity contribution is 6.36. The second-order valence-electron chi connectivity index (χ2n) is 4.62. The minimum absolute atomic E-state index is 0.0853. The van der Waals surface area contributed by atoms with Crippen molar-refractivity contribution >= 4 is 35.3 Å². The largest absolute Gasteiger partial charge is 0.442 e. The standard InChI is InChI=1S/C12H13Cl2NO4/c1-12(2,3)18-11(17)15-19-10(16)8-5-4-7(13)6-9(8)14/h4-6H,1-3H3,(H,15,17). The van der Waals surface area contributed by atoms with Crippen LogP contribution in [0.1, 0.15) is 31.1 Å². The first-order valence-electron chi connectivity index (χ1n) is 5.34. The molecule has 0 heterocycles. The molecule has 0 atom stereocenters. The lowest BCUT2D eigenvalue weighted by molar-refractivity contribution is -0.00128. The van der Waals surface area contributed by atoms with Crippen LogP contribution >= 0.6 is 23.2 Å². The van der Waals surface area contributed by atoms with Crippen LogP contribution in [0.25, 0.3) is 0 Å². The smallest absolute Gasteiger partial charge is 0.441 e. The highest BCUT2D eigenvalue weighted by Gasteiger charge is 2.18. The minimum atomic E-state index is -0.870. The normalized spacial score (nSPS) is 10.8. The van der Waals surface area contributed by atoms with E-state index in [1.165, 1.54) is 18.2 Å². The maximum Gasteiger partial charge on any atom is 0.441 e. The number of hydrogen-bond donors (Lipinski definition) is 1. The molecule has 0 unspecified atom stereocenters. The van der Waals surface area contributed by atoms with Crippen molar-refractivity contribution in [2.24, 2.45) is 0 Å². The second-order valence-corrected chi connectivity index (χ2v) is 5.46. The summed E-state index contributed by atoms with van der Waals surface area (Å²) in [5.41, 5.74) is 1.28. The van der Waals surface area contributed by atoms with Gasteiger partial charge in [-0.3, -0.25) is 0 Å². The monoisotopic (exact) mass is 305 g/mol. The Morgan fingerprint density at radius 2 is 1.84 bits per heavy atom. The minimum Gasteiger partial charge on any atom is -0.442 e. The van der Waals surface area contributed by atoms with E-state index < -0.39 is 17.7 Å². The van der Waals surface area contributed by atoms with Gasteiger partial charge in [0.15, 0.2) is 0 Å². The maximum absolute atomic E-state index is 11.6. The second kappa shape index (κ2) is 6.12. The Hall–Kier alpha value is -1.46. The lowest BCUT2D eigenvalue weighted by Gasteiger charge is -2.19. The predicted octanol–water partition coefficient (Wildman–Crippen LogP) is 3.59.